The molecule has 0 aromatic heterocycles. The third-order valence-corrected chi connectivity index (χ3v) is 4.04. The lowest BCUT2D eigenvalue weighted by Crippen LogP contribution is -2.31. The van der Waals surface area contributed by atoms with Gasteiger partial charge in [-0.1, -0.05) is 6.58 Å². The lowest BCUT2D eigenvalue weighted by Gasteiger charge is -2.19. The zero-order chi connectivity index (χ0) is 15.9. The summed E-state index contributed by atoms with van der Waals surface area (Å²) in [6.07, 6.45) is 3.52. The van der Waals surface area contributed by atoms with Crippen molar-refractivity contribution < 1.29 is 9.53 Å². The molecule has 22 heavy (non-hydrogen) atoms. The highest BCUT2D eigenvalue weighted by Crippen LogP contribution is 2.17. The summed E-state index contributed by atoms with van der Waals surface area (Å²) < 4.78 is 5.53. The van der Waals surface area contributed by atoms with Crippen LogP contribution in [-0.4, -0.2) is 43.6 Å². The standard InChI is InChI=1S/C18H26N2O2/c1-14(2)13-22-17-8-6-15(7-9-17)18(21)19-11-10-16-5-4-12-20(16)3/h6-9,16H,1,4-5,10-13H2,2-3H3,(H,19,21). The Kier molecular flexibility index (Phi) is 6.01. The van der Waals surface area contributed by atoms with E-state index < -0.39 is 0 Å². The zero-order valence-electron chi connectivity index (χ0n) is 13.6. The molecule has 1 heterocycles. The number of carbonyl (C=O) groups excluding carboxylic acids is 1. The number of carbonyl (C=O) groups is 1. The highest BCUT2D eigenvalue weighted by atomic mass is 16.5. The fraction of sp³-hybridized carbons (Fsp3) is 0.500. The van der Waals surface area contributed by atoms with E-state index in [1.54, 1.807) is 12.1 Å². The Labute approximate surface area is 133 Å². The molecule has 0 saturated carbocycles. The van der Waals surface area contributed by atoms with Crippen molar-refractivity contribution in [2.75, 3.05) is 26.7 Å². The van der Waals surface area contributed by atoms with Crippen molar-refractivity contribution in [3.63, 3.8) is 0 Å². The summed E-state index contributed by atoms with van der Waals surface area (Å²) >= 11 is 0. The van der Waals surface area contributed by atoms with Crippen LogP contribution in [0.1, 0.15) is 36.5 Å². The SMILES string of the molecule is C=C(C)COc1ccc(C(=O)NCCC2CCCN2C)cc1. The molecular weight excluding hydrogens is 276 g/mol. The van der Waals surface area contributed by atoms with Crippen molar-refractivity contribution in [2.45, 2.75) is 32.2 Å². The van der Waals surface area contributed by atoms with Crippen molar-refractivity contribution in [3.05, 3.63) is 42.0 Å². The highest BCUT2D eigenvalue weighted by molar-refractivity contribution is 5.94. The molecule has 0 spiro atoms. The van der Waals surface area contributed by atoms with Crippen molar-refractivity contribution in [3.8, 4) is 5.75 Å². The Morgan fingerprint density at radius 1 is 1.41 bits per heavy atom. The number of ether oxygens (including phenoxy) is 1. The Morgan fingerprint density at radius 2 is 2.14 bits per heavy atom. The molecule has 1 aromatic rings. The summed E-state index contributed by atoms with van der Waals surface area (Å²) in [5, 5.41) is 3.00. The molecule has 1 fully saturated rings. The van der Waals surface area contributed by atoms with Gasteiger partial charge >= 0.3 is 0 Å². The maximum absolute atomic E-state index is 12.1. The maximum Gasteiger partial charge on any atom is 0.251 e. The van der Waals surface area contributed by atoms with Gasteiger partial charge in [-0.2, -0.15) is 0 Å². The summed E-state index contributed by atoms with van der Waals surface area (Å²) in [5.74, 6) is 0.735. The van der Waals surface area contributed by atoms with Gasteiger partial charge in [0.15, 0.2) is 0 Å². The van der Waals surface area contributed by atoms with Crippen molar-refractivity contribution in [1.82, 2.24) is 10.2 Å². The number of rotatable bonds is 7. The first-order valence-corrected chi connectivity index (χ1v) is 7.92. The second-order valence-corrected chi connectivity index (χ2v) is 6.09. The molecule has 1 amide bonds. The molecular formula is C18H26N2O2. The van der Waals surface area contributed by atoms with Gasteiger partial charge in [-0.15, -0.1) is 0 Å². The van der Waals surface area contributed by atoms with Gasteiger partial charge in [0, 0.05) is 18.2 Å². The van der Waals surface area contributed by atoms with Gasteiger partial charge in [-0.05, 0) is 69.6 Å². The number of hydrogen-bond acceptors (Lipinski definition) is 3. The minimum absolute atomic E-state index is 0.0212. The van der Waals surface area contributed by atoms with Crippen LogP contribution in [0.2, 0.25) is 0 Å². The van der Waals surface area contributed by atoms with Crippen LogP contribution in [0.3, 0.4) is 0 Å². The van der Waals surface area contributed by atoms with Crippen LogP contribution in [-0.2, 0) is 0 Å². The lowest BCUT2D eigenvalue weighted by atomic mass is 10.1. The van der Waals surface area contributed by atoms with Crippen LogP contribution in [0, 0.1) is 0 Å². The van der Waals surface area contributed by atoms with Crippen LogP contribution in [0.15, 0.2) is 36.4 Å². The Morgan fingerprint density at radius 3 is 2.73 bits per heavy atom. The Balaban J connectivity index is 1.76. The predicted octanol–water partition coefficient (Wildman–Crippen LogP) is 2.86. The number of likely N-dealkylation sites (tertiary alicyclic amines) is 1. The molecule has 1 saturated heterocycles. The molecule has 4 nitrogen and oxygen atoms in total. The molecule has 1 N–H and O–H groups in total. The summed E-state index contributed by atoms with van der Waals surface area (Å²) in [5.41, 5.74) is 1.64. The minimum atomic E-state index is -0.0212. The molecule has 2 rings (SSSR count). The normalized spacial score (nSPS) is 18.2. The van der Waals surface area contributed by atoms with E-state index in [1.165, 1.54) is 19.4 Å². The van der Waals surface area contributed by atoms with Crippen LogP contribution in [0.25, 0.3) is 0 Å². The molecule has 1 aromatic carbocycles. The average Bonchev–Trinajstić information content (AvgIpc) is 2.91. The van der Waals surface area contributed by atoms with Gasteiger partial charge in [0.05, 0.1) is 0 Å². The van der Waals surface area contributed by atoms with Gasteiger partial charge in [0.2, 0.25) is 0 Å². The van der Waals surface area contributed by atoms with E-state index in [4.69, 9.17) is 4.74 Å². The maximum atomic E-state index is 12.1. The van der Waals surface area contributed by atoms with Crippen molar-refractivity contribution in [2.24, 2.45) is 0 Å². The monoisotopic (exact) mass is 302 g/mol. The second-order valence-electron chi connectivity index (χ2n) is 6.09. The average molecular weight is 302 g/mol. The summed E-state index contributed by atoms with van der Waals surface area (Å²) in [6.45, 7) is 8.11. The highest BCUT2D eigenvalue weighted by Gasteiger charge is 2.20. The van der Waals surface area contributed by atoms with Gasteiger partial charge in [-0.3, -0.25) is 4.79 Å². The van der Waals surface area contributed by atoms with Crippen LogP contribution in [0.5, 0.6) is 5.75 Å². The minimum Gasteiger partial charge on any atom is -0.489 e. The summed E-state index contributed by atoms with van der Waals surface area (Å²) in [6, 6.07) is 7.85. The van der Waals surface area contributed by atoms with Crippen LogP contribution >= 0.6 is 0 Å². The van der Waals surface area contributed by atoms with E-state index >= 15 is 0 Å². The van der Waals surface area contributed by atoms with Crippen LogP contribution in [0.4, 0.5) is 0 Å². The number of nitrogens with zero attached hydrogens (tertiary/aromatic N) is 1. The van der Waals surface area contributed by atoms with E-state index in [1.807, 2.05) is 19.1 Å². The molecule has 120 valence electrons. The zero-order valence-corrected chi connectivity index (χ0v) is 13.6. The van der Waals surface area contributed by atoms with E-state index in [0.717, 1.165) is 24.3 Å². The predicted molar refractivity (Wildman–Crippen MR) is 89.4 cm³/mol. The number of benzene rings is 1. The summed E-state index contributed by atoms with van der Waals surface area (Å²) in [4.78, 5) is 14.5. The topological polar surface area (TPSA) is 41.6 Å². The third-order valence-electron chi connectivity index (χ3n) is 4.04. The van der Waals surface area contributed by atoms with Gasteiger partial charge in [-0.25, -0.2) is 0 Å². The Hall–Kier alpha value is -1.81. The van der Waals surface area contributed by atoms with E-state index in [-0.39, 0.29) is 5.91 Å². The number of hydrogen-bond donors (Lipinski definition) is 1. The first-order chi connectivity index (χ1) is 10.6. The van der Waals surface area contributed by atoms with E-state index in [9.17, 15) is 4.79 Å². The van der Waals surface area contributed by atoms with Crippen molar-refractivity contribution >= 4 is 5.91 Å². The van der Waals surface area contributed by atoms with Gasteiger partial charge in [0.25, 0.3) is 5.91 Å². The number of amides is 1. The molecule has 1 aliphatic rings. The lowest BCUT2D eigenvalue weighted by molar-refractivity contribution is 0.0950. The molecule has 0 aliphatic carbocycles. The number of nitrogens with one attached hydrogen (secondary N) is 1. The summed E-state index contributed by atoms with van der Waals surface area (Å²) in [7, 11) is 2.16. The van der Waals surface area contributed by atoms with Crippen LogP contribution < -0.4 is 10.1 Å². The fourth-order valence-corrected chi connectivity index (χ4v) is 2.71. The molecule has 1 aliphatic heterocycles. The molecule has 1 atom stereocenters. The van der Waals surface area contributed by atoms with Gasteiger partial charge < -0.3 is 15.0 Å². The largest absolute Gasteiger partial charge is 0.489 e. The van der Waals surface area contributed by atoms with E-state index in [0.29, 0.717) is 18.2 Å². The van der Waals surface area contributed by atoms with E-state index in [2.05, 4.69) is 23.8 Å². The quantitative estimate of drug-likeness (QED) is 0.788. The molecule has 4 heteroatoms. The second kappa shape index (κ2) is 7.99. The van der Waals surface area contributed by atoms with Crippen molar-refractivity contribution in [1.29, 1.82) is 0 Å². The smallest absolute Gasteiger partial charge is 0.251 e. The first-order valence-electron chi connectivity index (χ1n) is 7.92. The molecule has 0 bridgehead atoms. The Bertz CT molecular complexity index is 510. The fourth-order valence-electron chi connectivity index (χ4n) is 2.71. The van der Waals surface area contributed by atoms with Gasteiger partial charge in [0.1, 0.15) is 12.4 Å². The first kappa shape index (κ1) is 16.6. The molecule has 1 unspecified atom stereocenters. The molecule has 0 radical (unpaired) electrons. The third kappa shape index (κ3) is 4.88.